The van der Waals surface area contributed by atoms with E-state index in [2.05, 4.69) is 47.3 Å². The van der Waals surface area contributed by atoms with E-state index in [9.17, 15) is 4.79 Å². The molecule has 148 valence electrons. The molecule has 0 aliphatic rings. The second-order valence-corrected chi connectivity index (χ2v) is 7.04. The van der Waals surface area contributed by atoms with Crippen molar-refractivity contribution in [3.63, 3.8) is 0 Å². The number of allylic oxidation sites excluding steroid dienone is 5. The molecular formula is C21H26N4O2S. The van der Waals surface area contributed by atoms with Gasteiger partial charge in [-0.1, -0.05) is 53.8 Å². The Bertz CT molecular complexity index is 941. The van der Waals surface area contributed by atoms with Crippen molar-refractivity contribution in [3.05, 3.63) is 53.6 Å². The third-order valence-corrected chi connectivity index (χ3v) is 5.00. The average molecular weight is 399 g/mol. The topological polar surface area (TPSA) is 75.6 Å². The number of hydrogen-bond donors (Lipinski definition) is 2. The molecule has 1 heterocycles. The van der Waals surface area contributed by atoms with Gasteiger partial charge in [-0.25, -0.2) is 9.78 Å². The Labute approximate surface area is 169 Å². The second-order valence-electron chi connectivity index (χ2n) is 6.04. The summed E-state index contributed by atoms with van der Waals surface area (Å²) < 4.78 is 0.922. The predicted octanol–water partition coefficient (Wildman–Crippen LogP) is 5.34. The van der Waals surface area contributed by atoms with E-state index < -0.39 is 0 Å². The highest BCUT2D eigenvalue weighted by Gasteiger charge is 2.13. The zero-order valence-electron chi connectivity index (χ0n) is 16.7. The van der Waals surface area contributed by atoms with E-state index in [0.29, 0.717) is 11.7 Å². The molecule has 2 rings (SSSR count). The minimum absolute atomic E-state index is 0.275. The molecule has 28 heavy (non-hydrogen) atoms. The lowest BCUT2D eigenvalue weighted by Gasteiger charge is -2.06. The molecule has 0 bridgehead atoms. The summed E-state index contributed by atoms with van der Waals surface area (Å²) in [7, 11) is 1.50. The first-order valence-electron chi connectivity index (χ1n) is 9.08. The fourth-order valence-corrected chi connectivity index (χ4v) is 3.43. The van der Waals surface area contributed by atoms with Crippen LogP contribution in [0.5, 0.6) is 0 Å². The monoisotopic (exact) mass is 398 g/mol. The molecule has 6 nitrogen and oxygen atoms in total. The zero-order valence-corrected chi connectivity index (χ0v) is 17.5. The van der Waals surface area contributed by atoms with Gasteiger partial charge in [0, 0.05) is 12.1 Å². The maximum Gasteiger partial charge on any atom is 0.321 e. The number of fused-ring (bicyclic) bond motifs is 1. The smallest absolute Gasteiger partial charge is 0.321 e. The molecule has 1 aromatic heterocycles. The molecule has 2 aromatic rings. The first-order valence-corrected chi connectivity index (χ1v) is 9.90. The van der Waals surface area contributed by atoms with Crippen molar-refractivity contribution in [1.29, 1.82) is 0 Å². The zero-order chi connectivity index (χ0) is 20.5. The molecule has 0 spiro atoms. The molecule has 0 unspecified atom stereocenters. The van der Waals surface area contributed by atoms with E-state index in [1.807, 2.05) is 25.1 Å². The molecule has 7 heteroatoms. The molecule has 0 saturated heterocycles. The van der Waals surface area contributed by atoms with Gasteiger partial charge in [0.15, 0.2) is 5.13 Å². The average Bonchev–Trinajstić information content (AvgIpc) is 3.07. The van der Waals surface area contributed by atoms with Crippen LogP contribution in [0.1, 0.15) is 38.3 Å². The molecule has 0 atom stereocenters. The maximum absolute atomic E-state index is 11.8. The number of hydrogen-bond acceptors (Lipinski definition) is 5. The van der Waals surface area contributed by atoms with Crippen LogP contribution in [-0.4, -0.2) is 30.9 Å². The van der Waals surface area contributed by atoms with Crippen LogP contribution in [0.4, 0.5) is 9.93 Å². The molecular weight excluding hydrogens is 372 g/mol. The number of aromatic nitrogens is 1. The van der Waals surface area contributed by atoms with Crippen LogP contribution in [0.2, 0.25) is 0 Å². The lowest BCUT2D eigenvalue weighted by molar-refractivity contribution is 0.215. The fourth-order valence-electron chi connectivity index (χ4n) is 2.51. The Hall–Kier alpha value is -2.93. The number of thiazole rings is 1. The molecule has 0 aliphatic carbocycles. The summed E-state index contributed by atoms with van der Waals surface area (Å²) in [5.74, 6) is 0. The van der Waals surface area contributed by atoms with Crippen molar-refractivity contribution in [2.45, 2.75) is 27.2 Å². The van der Waals surface area contributed by atoms with Crippen LogP contribution in [0.25, 0.3) is 15.8 Å². The van der Waals surface area contributed by atoms with Gasteiger partial charge in [0.25, 0.3) is 0 Å². The van der Waals surface area contributed by atoms with Crippen LogP contribution in [-0.2, 0) is 4.84 Å². The SMILES string of the molecule is C=CC=C(C=C(C)CC)c1cc(C=NOC)c2sc(NC(=O)NCC)nc2c1. The number of urea groups is 1. The predicted molar refractivity (Wildman–Crippen MR) is 119 cm³/mol. The third-order valence-electron chi connectivity index (χ3n) is 3.96. The Morgan fingerprint density at radius 2 is 2.18 bits per heavy atom. The van der Waals surface area contributed by atoms with Gasteiger partial charge in [-0.3, -0.25) is 5.32 Å². The number of anilines is 1. The van der Waals surface area contributed by atoms with Crippen molar-refractivity contribution < 1.29 is 9.63 Å². The van der Waals surface area contributed by atoms with Crippen LogP contribution < -0.4 is 10.6 Å². The van der Waals surface area contributed by atoms with E-state index in [1.54, 1.807) is 12.3 Å². The number of nitrogens with one attached hydrogen (secondary N) is 2. The quantitative estimate of drug-likeness (QED) is 0.358. The second kappa shape index (κ2) is 10.4. The number of nitrogens with zero attached hydrogens (tertiary/aromatic N) is 2. The van der Waals surface area contributed by atoms with E-state index >= 15 is 0 Å². The summed E-state index contributed by atoms with van der Waals surface area (Å²) in [6.07, 6.45) is 8.50. The fraction of sp³-hybridized carbons (Fsp3) is 0.286. The normalized spacial score (nSPS) is 12.4. The van der Waals surface area contributed by atoms with Crippen molar-refractivity contribution in [3.8, 4) is 0 Å². The Balaban J connectivity index is 2.58. The summed E-state index contributed by atoms with van der Waals surface area (Å²) >= 11 is 1.40. The van der Waals surface area contributed by atoms with Gasteiger partial charge in [-0.05, 0) is 43.5 Å². The van der Waals surface area contributed by atoms with Gasteiger partial charge in [-0.15, -0.1) is 0 Å². The van der Waals surface area contributed by atoms with E-state index in [4.69, 9.17) is 4.84 Å². The highest BCUT2D eigenvalue weighted by molar-refractivity contribution is 7.22. The number of carbonyl (C=O) groups is 1. The number of oxime groups is 1. The Morgan fingerprint density at radius 3 is 2.82 bits per heavy atom. The van der Waals surface area contributed by atoms with Gasteiger partial charge in [-0.2, -0.15) is 0 Å². The maximum atomic E-state index is 11.8. The van der Waals surface area contributed by atoms with Gasteiger partial charge in [0.1, 0.15) is 7.11 Å². The highest BCUT2D eigenvalue weighted by Crippen LogP contribution is 2.32. The summed E-state index contributed by atoms with van der Waals surface area (Å²) in [5, 5.41) is 9.92. The Kier molecular flexibility index (Phi) is 7.95. The third kappa shape index (κ3) is 5.53. The van der Waals surface area contributed by atoms with Crippen molar-refractivity contribution in [2.24, 2.45) is 5.16 Å². The minimum atomic E-state index is -0.275. The van der Waals surface area contributed by atoms with Crippen LogP contribution in [0, 0.1) is 0 Å². The van der Waals surface area contributed by atoms with E-state index in [1.165, 1.54) is 24.0 Å². The summed E-state index contributed by atoms with van der Waals surface area (Å²) in [4.78, 5) is 21.3. The summed E-state index contributed by atoms with van der Waals surface area (Å²) in [6, 6.07) is 3.77. The first-order chi connectivity index (χ1) is 13.5. The lowest BCUT2D eigenvalue weighted by atomic mass is 9.99. The van der Waals surface area contributed by atoms with Gasteiger partial charge in [0.2, 0.25) is 0 Å². The van der Waals surface area contributed by atoms with Crippen molar-refractivity contribution in [1.82, 2.24) is 10.3 Å². The van der Waals surface area contributed by atoms with Crippen LogP contribution >= 0.6 is 11.3 Å². The first kappa shape index (κ1) is 21.4. The molecule has 0 fully saturated rings. The van der Waals surface area contributed by atoms with Crippen molar-refractivity contribution >= 4 is 44.5 Å². The van der Waals surface area contributed by atoms with Gasteiger partial charge in [0.05, 0.1) is 16.4 Å². The molecule has 2 N–H and O–H groups in total. The van der Waals surface area contributed by atoms with Gasteiger partial charge >= 0.3 is 6.03 Å². The van der Waals surface area contributed by atoms with Crippen LogP contribution in [0.15, 0.2) is 47.7 Å². The number of amides is 2. The highest BCUT2D eigenvalue weighted by atomic mass is 32.1. The number of rotatable bonds is 8. The lowest BCUT2D eigenvalue weighted by Crippen LogP contribution is -2.28. The Morgan fingerprint density at radius 1 is 1.39 bits per heavy atom. The summed E-state index contributed by atoms with van der Waals surface area (Å²) in [6.45, 7) is 10.5. The van der Waals surface area contributed by atoms with Gasteiger partial charge < -0.3 is 10.2 Å². The van der Waals surface area contributed by atoms with Crippen molar-refractivity contribution in [2.75, 3.05) is 19.0 Å². The van der Waals surface area contributed by atoms with Crippen LogP contribution in [0.3, 0.4) is 0 Å². The molecule has 1 aromatic carbocycles. The molecule has 0 radical (unpaired) electrons. The minimum Gasteiger partial charge on any atom is -0.399 e. The molecule has 2 amide bonds. The van der Waals surface area contributed by atoms with E-state index in [-0.39, 0.29) is 6.03 Å². The summed E-state index contributed by atoms with van der Waals surface area (Å²) in [5.41, 5.74) is 4.94. The number of benzene rings is 1. The number of carbonyl (C=O) groups excluding carboxylic acids is 1. The molecule has 0 saturated carbocycles. The standard InChI is InChI=1S/C21H26N4O2S/c1-6-9-15(10-14(4)7-2)16-11-17(13-23-27-5)19-18(12-16)24-21(28-19)25-20(26)22-8-3/h6,9-13H,1,7-8H2,2-5H3,(H2,22,24,25,26). The van der Waals surface area contributed by atoms with E-state index in [0.717, 1.165) is 33.3 Å². The largest absolute Gasteiger partial charge is 0.399 e. The molecule has 0 aliphatic heterocycles.